The van der Waals surface area contributed by atoms with E-state index in [4.69, 9.17) is 0 Å². The van der Waals surface area contributed by atoms with Crippen LogP contribution in [0.15, 0.2) is 30.3 Å². The molecule has 2 aromatic rings. The van der Waals surface area contributed by atoms with Crippen molar-refractivity contribution >= 4 is 16.9 Å². The Kier molecular flexibility index (Phi) is 3.77. The van der Waals surface area contributed by atoms with Crippen LogP contribution in [0.4, 0.5) is 0 Å². The third-order valence-corrected chi connectivity index (χ3v) is 3.79. The van der Waals surface area contributed by atoms with Gasteiger partial charge in [-0.25, -0.2) is 0 Å². The molecule has 1 N–H and O–H groups in total. The highest BCUT2D eigenvalue weighted by Gasteiger charge is 2.31. The van der Waals surface area contributed by atoms with E-state index in [9.17, 15) is 9.90 Å². The van der Waals surface area contributed by atoms with E-state index >= 15 is 0 Å². The van der Waals surface area contributed by atoms with Crippen molar-refractivity contribution in [3.05, 3.63) is 41.6 Å². The van der Waals surface area contributed by atoms with Crippen LogP contribution in [0.3, 0.4) is 0 Å². The second-order valence-corrected chi connectivity index (χ2v) is 5.70. The quantitative estimate of drug-likeness (QED) is 0.930. The summed E-state index contributed by atoms with van der Waals surface area (Å²) in [5.74, 6) is -0.821. The van der Waals surface area contributed by atoms with Gasteiger partial charge in [0.25, 0.3) is 0 Å². The number of pyridine rings is 1. The lowest BCUT2D eigenvalue weighted by Crippen LogP contribution is -2.47. The van der Waals surface area contributed by atoms with Crippen molar-refractivity contribution in [3.8, 4) is 0 Å². The predicted octanol–water partition coefficient (Wildman–Crippen LogP) is 2.84. The van der Waals surface area contributed by atoms with Crippen LogP contribution >= 0.6 is 0 Å². The van der Waals surface area contributed by atoms with Crippen molar-refractivity contribution in [1.82, 2.24) is 9.88 Å². The van der Waals surface area contributed by atoms with Crippen LogP contribution in [-0.2, 0) is 11.3 Å². The normalized spacial score (nSPS) is 12.1. The molecule has 0 radical (unpaired) electrons. The number of hydrogen-bond donors (Lipinski definition) is 1. The number of aromatic nitrogens is 1. The molecule has 0 amide bonds. The number of benzene rings is 1. The minimum Gasteiger partial charge on any atom is -0.480 e. The van der Waals surface area contributed by atoms with Crippen LogP contribution in [-0.4, -0.2) is 33.5 Å². The summed E-state index contributed by atoms with van der Waals surface area (Å²) in [6, 6.07) is 10.1. The number of fused-ring (bicyclic) bond motifs is 1. The van der Waals surface area contributed by atoms with Crippen LogP contribution in [0.25, 0.3) is 10.9 Å². The first kappa shape index (κ1) is 14.5. The number of likely N-dealkylation sites (N-methyl/N-ethyl adjacent to an activating group) is 1. The largest absolute Gasteiger partial charge is 0.480 e. The maximum Gasteiger partial charge on any atom is 0.323 e. The highest BCUT2D eigenvalue weighted by atomic mass is 16.4. The molecule has 0 aliphatic heterocycles. The van der Waals surface area contributed by atoms with E-state index in [2.05, 4.69) is 11.1 Å². The molecule has 20 heavy (non-hydrogen) atoms. The molecular weight excluding hydrogens is 252 g/mol. The number of rotatable bonds is 4. The van der Waals surface area contributed by atoms with Gasteiger partial charge in [0.15, 0.2) is 0 Å². The van der Waals surface area contributed by atoms with Crippen molar-refractivity contribution in [1.29, 1.82) is 0 Å². The highest BCUT2D eigenvalue weighted by Crippen LogP contribution is 2.19. The van der Waals surface area contributed by atoms with E-state index in [0.29, 0.717) is 6.54 Å². The summed E-state index contributed by atoms with van der Waals surface area (Å²) in [7, 11) is 1.83. The Balaban J connectivity index is 2.26. The molecule has 1 aromatic heterocycles. The Bertz CT molecular complexity index is 650. The summed E-state index contributed by atoms with van der Waals surface area (Å²) in [5, 5.41) is 10.3. The summed E-state index contributed by atoms with van der Waals surface area (Å²) < 4.78 is 0. The molecule has 4 heteroatoms. The zero-order valence-corrected chi connectivity index (χ0v) is 12.3. The number of carbonyl (C=O) groups is 1. The van der Waals surface area contributed by atoms with Crippen molar-refractivity contribution in [3.63, 3.8) is 0 Å². The predicted molar refractivity (Wildman–Crippen MR) is 79.7 cm³/mol. The first-order valence-corrected chi connectivity index (χ1v) is 6.61. The summed E-state index contributed by atoms with van der Waals surface area (Å²) >= 11 is 0. The van der Waals surface area contributed by atoms with Gasteiger partial charge in [0.05, 0.1) is 5.52 Å². The van der Waals surface area contributed by atoms with E-state index < -0.39 is 11.5 Å². The van der Waals surface area contributed by atoms with Crippen LogP contribution in [0, 0.1) is 6.92 Å². The Morgan fingerprint density at radius 1 is 1.30 bits per heavy atom. The molecule has 0 fully saturated rings. The standard InChI is InChI=1S/C16H20N2O2/c1-11-5-7-13-9-12(6-8-14(13)17-11)10-18(4)16(2,3)15(19)20/h5-9H,10H2,1-4H3,(H,19,20). The molecule has 1 aromatic carbocycles. The molecule has 0 bridgehead atoms. The fourth-order valence-corrected chi connectivity index (χ4v) is 2.01. The fraction of sp³-hybridized carbons (Fsp3) is 0.375. The van der Waals surface area contributed by atoms with E-state index in [-0.39, 0.29) is 0 Å². The average Bonchev–Trinajstić information content (AvgIpc) is 2.38. The van der Waals surface area contributed by atoms with Crippen molar-refractivity contribution in [2.24, 2.45) is 0 Å². The Morgan fingerprint density at radius 3 is 2.65 bits per heavy atom. The van der Waals surface area contributed by atoms with Gasteiger partial charge in [0, 0.05) is 17.6 Å². The number of aliphatic carboxylic acids is 1. The molecule has 0 unspecified atom stereocenters. The zero-order chi connectivity index (χ0) is 14.9. The molecule has 4 nitrogen and oxygen atoms in total. The van der Waals surface area contributed by atoms with E-state index in [1.165, 1.54) is 0 Å². The highest BCUT2D eigenvalue weighted by molar-refractivity contribution is 5.79. The molecule has 2 rings (SSSR count). The minimum atomic E-state index is -0.888. The molecule has 106 valence electrons. The average molecular weight is 272 g/mol. The summed E-state index contributed by atoms with van der Waals surface area (Å²) in [4.78, 5) is 17.5. The van der Waals surface area contributed by atoms with E-state index in [1.54, 1.807) is 13.8 Å². The van der Waals surface area contributed by atoms with Gasteiger partial charge in [-0.3, -0.25) is 14.7 Å². The third kappa shape index (κ3) is 2.80. The molecule has 0 saturated heterocycles. The van der Waals surface area contributed by atoms with E-state index in [1.807, 2.05) is 43.1 Å². The first-order chi connectivity index (χ1) is 9.30. The number of carboxylic acid groups (broad SMARTS) is 1. The number of carboxylic acids is 1. The molecule has 0 aliphatic carbocycles. The molecule has 0 saturated carbocycles. The van der Waals surface area contributed by atoms with Crippen molar-refractivity contribution in [2.75, 3.05) is 7.05 Å². The van der Waals surface area contributed by atoms with Gasteiger partial charge in [-0.05, 0) is 51.6 Å². The maximum atomic E-state index is 11.3. The van der Waals surface area contributed by atoms with Crippen molar-refractivity contribution < 1.29 is 9.90 Å². The molecule has 0 spiro atoms. The minimum absolute atomic E-state index is 0.586. The first-order valence-electron chi connectivity index (χ1n) is 6.61. The molecule has 1 heterocycles. The number of aryl methyl sites for hydroxylation is 1. The number of hydrogen-bond acceptors (Lipinski definition) is 3. The zero-order valence-electron chi connectivity index (χ0n) is 12.3. The molecule has 0 atom stereocenters. The van der Waals surface area contributed by atoms with Gasteiger partial charge in [-0.15, -0.1) is 0 Å². The van der Waals surface area contributed by atoms with Crippen LogP contribution < -0.4 is 0 Å². The van der Waals surface area contributed by atoms with Crippen molar-refractivity contribution in [2.45, 2.75) is 32.9 Å². The SMILES string of the molecule is Cc1ccc2cc(CN(C)C(C)(C)C(=O)O)ccc2n1. The van der Waals surface area contributed by atoms with Crippen LogP contribution in [0.2, 0.25) is 0 Å². The lowest BCUT2D eigenvalue weighted by molar-refractivity contribution is -0.148. The third-order valence-electron chi connectivity index (χ3n) is 3.79. The van der Waals surface area contributed by atoms with Crippen LogP contribution in [0.5, 0.6) is 0 Å². The summed E-state index contributed by atoms with van der Waals surface area (Å²) in [6.45, 7) is 5.97. The van der Waals surface area contributed by atoms with E-state index in [0.717, 1.165) is 22.2 Å². The van der Waals surface area contributed by atoms with Crippen LogP contribution in [0.1, 0.15) is 25.1 Å². The monoisotopic (exact) mass is 272 g/mol. The van der Waals surface area contributed by atoms with Gasteiger partial charge < -0.3 is 5.11 Å². The topological polar surface area (TPSA) is 53.4 Å². The second-order valence-electron chi connectivity index (χ2n) is 5.70. The van der Waals surface area contributed by atoms with Gasteiger partial charge in [-0.2, -0.15) is 0 Å². The lowest BCUT2D eigenvalue weighted by Gasteiger charge is -2.31. The fourth-order valence-electron chi connectivity index (χ4n) is 2.01. The Hall–Kier alpha value is -1.94. The lowest BCUT2D eigenvalue weighted by atomic mass is 10.0. The van der Waals surface area contributed by atoms with Gasteiger partial charge in [0.2, 0.25) is 0 Å². The molecular formula is C16H20N2O2. The second kappa shape index (κ2) is 5.21. The van der Waals surface area contributed by atoms with Gasteiger partial charge in [-0.1, -0.05) is 12.1 Å². The van der Waals surface area contributed by atoms with Gasteiger partial charge in [0.1, 0.15) is 5.54 Å². The molecule has 0 aliphatic rings. The van der Waals surface area contributed by atoms with Gasteiger partial charge >= 0.3 is 5.97 Å². The summed E-state index contributed by atoms with van der Waals surface area (Å²) in [5.41, 5.74) is 2.16. The Labute approximate surface area is 119 Å². The maximum absolute atomic E-state index is 11.3. The number of nitrogens with zero attached hydrogens (tertiary/aromatic N) is 2. The summed E-state index contributed by atoms with van der Waals surface area (Å²) in [6.07, 6.45) is 0. The smallest absolute Gasteiger partial charge is 0.323 e. The Morgan fingerprint density at radius 2 is 2.00 bits per heavy atom.